The van der Waals surface area contributed by atoms with Crippen LogP contribution in [-0.4, -0.2) is 28.0 Å². The van der Waals surface area contributed by atoms with Crippen LogP contribution in [0.15, 0.2) is 22.6 Å². The maximum absolute atomic E-state index is 12.7. The number of hydrogen-bond donors (Lipinski definition) is 1. The lowest BCUT2D eigenvalue weighted by Crippen LogP contribution is -2.27. The van der Waals surface area contributed by atoms with Gasteiger partial charge in [0.05, 0.1) is 24.0 Å². The fourth-order valence-corrected chi connectivity index (χ4v) is 5.78. The molecule has 9 heteroatoms. The number of esters is 1. The minimum atomic E-state index is -0.409. The monoisotopic (exact) mass is 431 g/mol. The molecule has 29 heavy (non-hydrogen) atoms. The van der Waals surface area contributed by atoms with Crippen molar-refractivity contribution in [1.82, 2.24) is 9.55 Å². The molecule has 7 nitrogen and oxygen atoms in total. The second-order valence-corrected chi connectivity index (χ2v) is 9.16. The molecule has 0 aliphatic heterocycles. The van der Waals surface area contributed by atoms with Crippen molar-refractivity contribution in [3.63, 3.8) is 0 Å². The molecule has 1 unspecified atom stereocenters. The predicted molar refractivity (Wildman–Crippen MR) is 114 cm³/mol. The summed E-state index contributed by atoms with van der Waals surface area (Å²) in [6, 6.07) is 1.77. The summed E-state index contributed by atoms with van der Waals surface area (Å²) in [6.07, 6.45) is 4.08. The van der Waals surface area contributed by atoms with Gasteiger partial charge in [-0.3, -0.25) is 14.2 Å². The van der Waals surface area contributed by atoms with E-state index in [2.05, 4.69) is 17.2 Å². The van der Waals surface area contributed by atoms with Crippen molar-refractivity contribution in [2.75, 3.05) is 11.9 Å². The SMILES string of the molecule is CCOC(=O)c1c(NC(=O)Cn2cnc3ccsc3c2=O)sc2c1CCC(C)C2. The van der Waals surface area contributed by atoms with Gasteiger partial charge in [-0.1, -0.05) is 6.92 Å². The number of carbonyl (C=O) groups is 2. The number of fused-ring (bicyclic) bond motifs is 2. The van der Waals surface area contributed by atoms with Crippen LogP contribution in [0.5, 0.6) is 0 Å². The van der Waals surface area contributed by atoms with Crippen LogP contribution in [0.4, 0.5) is 5.00 Å². The van der Waals surface area contributed by atoms with E-state index in [1.807, 2.05) is 0 Å². The topological polar surface area (TPSA) is 90.3 Å². The number of rotatable bonds is 5. The van der Waals surface area contributed by atoms with E-state index in [0.29, 0.717) is 26.7 Å². The number of nitrogens with one attached hydrogen (secondary N) is 1. The first-order chi connectivity index (χ1) is 14.0. The van der Waals surface area contributed by atoms with Gasteiger partial charge >= 0.3 is 5.97 Å². The molecule has 1 atom stereocenters. The Morgan fingerprint density at radius 2 is 2.24 bits per heavy atom. The molecule has 3 aromatic heterocycles. The smallest absolute Gasteiger partial charge is 0.341 e. The standard InChI is InChI=1S/C20H21N3O4S2/c1-3-27-20(26)16-12-5-4-11(2)8-14(12)29-18(16)22-15(24)9-23-10-21-13-6-7-28-17(13)19(23)25/h6-7,10-11H,3-5,8-9H2,1-2H3,(H,22,24). The molecule has 0 aromatic carbocycles. The Bertz CT molecular complexity index is 1140. The Balaban J connectivity index is 1.61. The molecule has 1 amide bonds. The second-order valence-electron chi connectivity index (χ2n) is 7.14. The summed E-state index contributed by atoms with van der Waals surface area (Å²) >= 11 is 2.74. The lowest BCUT2D eigenvalue weighted by atomic mass is 9.88. The molecule has 0 fully saturated rings. The van der Waals surface area contributed by atoms with Crippen LogP contribution in [0.3, 0.4) is 0 Å². The van der Waals surface area contributed by atoms with Crippen LogP contribution < -0.4 is 10.9 Å². The summed E-state index contributed by atoms with van der Waals surface area (Å²) in [5.74, 6) is -0.238. The maximum Gasteiger partial charge on any atom is 0.341 e. The number of aromatic nitrogens is 2. The number of amides is 1. The number of carbonyl (C=O) groups excluding carboxylic acids is 2. The summed E-state index contributed by atoms with van der Waals surface area (Å²) in [5, 5.41) is 5.14. The van der Waals surface area contributed by atoms with E-state index in [0.717, 1.165) is 29.7 Å². The lowest BCUT2D eigenvalue weighted by Gasteiger charge is -2.18. The first-order valence-electron chi connectivity index (χ1n) is 9.52. The van der Waals surface area contributed by atoms with Gasteiger partial charge < -0.3 is 10.1 Å². The Morgan fingerprint density at radius 3 is 3.03 bits per heavy atom. The number of anilines is 1. The Kier molecular flexibility index (Phi) is 5.51. The second kappa shape index (κ2) is 8.08. The van der Waals surface area contributed by atoms with Crippen molar-refractivity contribution in [1.29, 1.82) is 0 Å². The Hall–Kier alpha value is -2.52. The minimum absolute atomic E-state index is 0.166. The normalized spacial score (nSPS) is 15.9. The molecule has 3 aromatic rings. The van der Waals surface area contributed by atoms with Crippen molar-refractivity contribution in [3.8, 4) is 0 Å². The van der Waals surface area contributed by atoms with Gasteiger partial charge in [0.25, 0.3) is 5.56 Å². The van der Waals surface area contributed by atoms with Gasteiger partial charge in [0.15, 0.2) is 0 Å². The average molecular weight is 432 g/mol. The highest BCUT2D eigenvalue weighted by atomic mass is 32.1. The molecule has 1 N–H and O–H groups in total. The average Bonchev–Trinajstić information content (AvgIpc) is 3.28. The number of thiophene rings is 2. The third kappa shape index (κ3) is 3.84. The third-order valence-corrected chi connectivity index (χ3v) is 7.06. The molecule has 3 heterocycles. The van der Waals surface area contributed by atoms with Gasteiger partial charge in [0.1, 0.15) is 16.2 Å². The van der Waals surface area contributed by atoms with Crippen molar-refractivity contribution in [2.45, 2.75) is 39.7 Å². The molecule has 1 aliphatic carbocycles. The van der Waals surface area contributed by atoms with Crippen LogP contribution in [0.25, 0.3) is 10.2 Å². The summed E-state index contributed by atoms with van der Waals surface area (Å²) < 4.78 is 7.04. The van der Waals surface area contributed by atoms with E-state index < -0.39 is 5.97 Å². The van der Waals surface area contributed by atoms with E-state index in [1.165, 1.54) is 33.6 Å². The highest BCUT2D eigenvalue weighted by Crippen LogP contribution is 2.40. The zero-order valence-corrected chi connectivity index (χ0v) is 17.8. The van der Waals surface area contributed by atoms with E-state index in [1.54, 1.807) is 18.4 Å². The first-order valence-corrected chi connectivity index (χ1v) is 11.2. The number of nitrogens with zero attached hydrogens (tertiary/aromatic N) is 2. The first kappa shape index (κ1) is 19.8. The van der Waals surface area contributed by atoms with Gasteiger partial charge in [0, 0.05) is 4.88 Å². The molecule has 0 saturated heterocycles. The third-order valence-electron chi connectivity index (χ3n) is 4.99. The fourth-order valence-electron chi connectivity index (χ4n) is 3.57. The maximum atomic E-state index is 12.7. The van der Waals surface area contributed by atoms with Crippen molar-refractivity contribution in [3.05, 3.63) is 44.1 Å². The Morgan fingerprint density at radius 1 is 1.41 bits per heavy atom. The predicted octanol–water partition coefficient (Wildman–Crippen LogP) is 3.46. The minimum Gasteiger partial charge on any atom is -0.462 e. The van der Waals surface area contributed by atoms with Gasteiger partial charge in [-0.15, -0.1) is 22.7 Å². The Labute approximate surface area is 175 Å². The highest BCUT2D eigenvalue weighted by molar-refractivity contribution is 7.17. The molecule has 0 bridgehead atoms. The van der Waals surface area contributed by atoms with E-state index in [4.69, 9.17) is 4.74 Å². The van der Waals surface area contributed by atoms with E-state index in [-0.39, 0.29) is 24.6 Å². The zero-order chi connectivity index (χ0) is 20.5. The van der Waals surface area contributed by atoms with Gasteiger partial charge in [0.2, 0.25) is 5.91 Å². The van der Waals surface area contributed by atoms with Gasteiger partial charge in [-0.2, -0.15) is 0 Å². The molecule has 1 aliphatic rings. The molecule has 4 rings (SSSR count). The van der Waals surface area contributed by atoms with Gasteiger partial charge in [-0.05, 0) is 49.1 Å². The number of ether oxygens (including phenoxy) is 1. The van der Waals surface area contributed by atoms with Crippen LogP contribution in [0.2, 0.25) is 0 Å². The molecule has 0 radical (unpaired) electrons. The van der Waals surface area contributed by atoms with E-state index in [9.17, 15) is 14.4 Å². The highest BCUT2D eigenvalue weighted by Gasteiger charge is 2.29. The van der Waals surface area contributed by atoms with Crippen LogP contribution >= 0.6 is 22.7 Å². The summed E-state index contributed by atoms with van der Waals surface area (Å²) in [6.45, 7) is 4.05. The molecule has 152 valence electrons. The van der Waals surface area contributed by atoms with Gasteiger partial charge in [-0.25, -0.2) is 9.78 Å². The molecule has 0 spiro atoms. The zero-order valence-electron chi connectivity index (χ0n) is 16.2. The van der Waals surface area contributed by atoms with Crippen molar-refractivity contribution in [2.24, 2.45) is 5.92 Å². The summed E-state index contributed by atoms with van der Waals surface area (Å²) in [5.41, 5.74) is 1.83. The van der Waals surface area contributed by atoms with Crippen LogP contribution in [0.1, 0.15) is 41.1 Å². The van der Waals surface area contributed by atoms with Crippen molar-refractivity contribution >= 4 is 49.8 Å². The summed E-state index contributed by atoms with van der Waals surface area (Å²) in [7, 11) is 0. The molecular formula is C20H21N3O4S2. The quantitative estimate of drug-likeness (QED) is 0.625. The summed E-state index contributed by atoms with van der Waals surface area (Å²) in [4.78, 5) is 43.1. The largest absolute Gasteiger partial charge is 0.462 e. The molecule has 0 saturated carbocycles. The number of hydrogen-bond acceptors (Lipinski definition) is 7. The van der Waals surface area contributed by atoms with E-state index >= 15 is 0 Å². The molecular weight excluding hydrogens is 410 g/mol. The fraction of sp³-hybridized carbons (Fsp3) is 0.400. The lowest BCUT2D eigenvalue weighted by molar-refractivity contribution is -0.116. The van der Waals surface area contributed by atoms with Crippen LogP contribution in [0, 0.1) is 5.92 Å². The van der Waals surface area contributed by atoms with Crippen LogP contribution in [-0.2, 0) is 28.9 Å². The van der Waals surface area contributed by atoms with Crippen molar-refractivity contribution < 1.29 is 14.3 Å².